The van der Waals surface area contributed by atoms with Crippen molar-refractivity contribution >= 4 is 28.4 Å². The molecule has 0 spiro atoms. The van der Waals surface area contributed by atoms with Crippen LogP contribution >= 0.6 is 0 Å². The fraction of sp³-hybridized carbons (Fsp3) is 0.227. The van der Waals surface area contributed by atoms with Gasteiger partial charge < -0.3 is 15.2 Å². The van der Waals surface area contributed by atoms with Crippen molar-refractivity contribution in [3.63, 3.8) is 0 Å². The minimum atomic E-state index is -0.260. The van der Waals surface area contributed by atoms with Crippen LogP contribution in [-0.2, 0) is 7.05 Å². The van der Waals surface area contributed by atoms with Crippen LogP contribution in [0.2, 0.25) is 0 Å². The first-order valence-corrected chi connectivity index (χ1v) is 9.18. The number of benzene rings is 2. The highest BCUT2D eigenvalue weighted by Crippen LogP contribution is 2.24. The topological polar surface area (TPSA) is 86.9 Å². The van der Waals surface area contributed by atoms with E-state index in [1.807, 2.05) is 24.6 Å². The van der Waals surface area contributed by atoms with Gasteiger partial charge in [-0.1, -0.05) is 12.1 Å². The maximum Gasteiger partial charge on any atom is 0.255 e. The lowest BCUT2D eigenvalue weighted by atomic mass is 10.1. The molecule has 1 fully saturated rings. The van der Waals surface area contributed by atoms with Crippen LogP contribution < -0.4 is 10.6 Å². The van der Waals surface area contributed by atoms with Crippen LogP contribution in [0.1, 0.15) is 44.7 Å². The largest absolute Gasteiger partial charge is 0.349 e. The van der Waals surface area contributed by atoms with Gasteiger partial charge >= 0.3 is 0 Å². The molecule has 0 aliphatic heterocycles. The summed E-state index contributed by atoms with van der Waals surface area (Å²) in [7, 11) is 1.84. The lowest BCUT2D eigenvalue weighted by molar-refractivity contribution is 0.0949. The quantitative estimate of drug-likeness (QED) is 0.735. The van der Waals surface area contributed by atoms with Crippen LogP contribution in [0.5, 0.6) is 0 Å². The summed E-state index contributed by atoms with van der Waals surface area (Å²) in [5, 5.41) is 15.9. The van der Waals surface area contributed by atoms with Gasteiger partial charge in [0, 0.05) is 47.0 Å². The van der Waals surface area contributed by atoms with E-state index in [4.69, 9.17) is 0 Å². The molecule has 1 aliphatic carbocycles. The minimum Gasteiger partial charge on any atom is -0.349 e. The first-order chi connectivity index (χ1) is 13.5. The Bertz CT molecular complexity index is 1150. The molecular weight excluding hydrogens is 352 g/mol. The Balaban J connectivity index is 1.59. The van der Waals surface area contributed by atoms with E-state index in [1.165, 1.54) is 0 Å². The van der Waals surface area contributed by atoms with Crippen LogP contribution in [0.25, 0.3) is 10.9 Å². The summed E-state index contributed by atoms with van der Waals surface area (Å²) < 4.78 is 1.83. The zero-order valence-electron chi connectivity index (χ0n) is 15.7. The molecule has 0 unspecified atom stereocenters. The highest BCUT2D eigenvalue weighted by molar-refractivity contribution is 6.07. The molecule has 2 amide bonds. The zero-order valence-corrected chi connectivity index (χ0v) is 15.7. The summed E-state index contributed by atoms with van der Waals surface area (Å²) in [4.78, 5) is 25.1. The molecule has 3 aromatic rings. The molecule has 1 saturated carbocycles. The smallest absolute Gasteiger partial charge is 0.255 e. The number of carbonyl (C=O) groups is 2. The van der Waals surface area contributed by atoms with Gasteiger partial charge in [0.05, 0.1) is 5.56 Å². The van der Waals surface area contributed by atoms with Crippen LogP contribution in [0, 0.1) is 18.3 Å². The van der Waals surface area contributed by atoms with Gasteiger partial charge in [0.15, 0.2) is 0 Å². The monoisotopic (exact) mass is 372 g/mol. The summed E-state index contributed by atoms with van der Waals surface area (Å²) in [5.74, 6) is -0.378. The summed E-state index contributed by atoms with van der Waals surface area (Å²) in [6.07, 6.45) is 3.80. The van der Waals surface area contributed by atoms with Crippen molar-refractivity contribution < 1.29 is 9.59 Å². The van der Waals surface area contributed by atoms with Gasteiger partial charge in [0.2, 0.25) is 0 Å². The predicted octanol–water partition coefficient (Wildman–Crippen LogP) is 3.50. The van der Waals surface area contributed by atoms with Crippen LogP contribution in [0.15, 0.2) is 42.6 Å². The molecular formula is C22H20N4O2. The average molecular weight is 372 g/mol. The summed E-state index contributed by atoms with van der Waals surface area (Å²) in [6.45, 7) is 1.89. The second kappa shape index (κ2) is 6.86. The molecule has 0 atom stereocenters. The van der Waals surface area contributed by atoms with Crippen molar-refractivity contribution in [1.29, 1.82) is 5.26 Å². The second-order valence-corrected chi connectivity index (χ2v) is 7.23. The van der Waals surface area contributed by atoms with Gasteiger partial charge in [0.25, 0.3) is 11.8 Å². The van der Waals surface area contributed by atoms with Crippen molar-refractivity contribution in [2.24, 2.45) is 7.05 Å². The Morgan fingerprint density at radius 3 is 2.54 bits per heavy atom. The van der Waals surface area contributed by atoms with Crippen molar-refractivity contribution in [2.45, 2.75) is 25.8 Å². The highest BCUT2D eigenvalue weighted by Gasteiger charge is 2.24. The fourth-order valence-electron chi connectivity index (χ4n) is 3.20. The van der Waals surface area contributed by atoms with E-state index < -0.39 is 0 Å². The number of fused-ring (bicyclic) bond motifs is 1. The molecule has 140 valence electrons. The van der Waals surface area contributed by atoms with E-state index in [1.54, 1.807) is 36.5 Å². The molecule has 6 heteroatoms. The number of rotatable bonds is 4. The summed E-state index contributed by atoms with van der Waals surface area (Å²) in [6, 6.07) is 13.0. The normalized spacial score (nSPS) is 13.2. The summed E-state index contributed by atoms with van der Waals surface area (Å²) >= 11 is 0. The van der Waals surface area contributed by atoms with Crippen molar-refractivity contribution in [1.82, 2.24) is 9.88 Å². The first kappa shape index (κ1) is 17.8. The average Bonchev–Trinajstić information content (AvgIpc) is 3.45. The minimum absolute atomic E-state index is 0.118. The molecule has 2 aromatic carbocycles. The molecule has 28 heavy (non-hydrogen) atoms. The predicted molar refractivity (Wildman–Crippen MR) is 107 cm³/mol. The van der Waals surface area contributed by atoms with Gasteiger partial charge in [-0.25, -0.2) is 0 Å². The van der Waals surface area contributed by atoms with E-state index in [-0.39, 0.29) is 17.9 Å². The molecule has 6 nitrogen and oxygen atoms in total. The number of hydrogen-bond donors (Lipinski definition) is 2. The molecule has 0 radical (unpaired) electrons. The molecule has 0 saturated heterocycles. The van der Waals surface area contributed by atoms with E-state index in [2.05, 4.69) is 16.7 Å². The fourth-order valence-corrected chi connectivity index (χ4v) is 3.20. The van der Waals surface area contributed by atoms with E-state index in [9.17, 15) is 14.9 Å². The number of carbonyl (C=O) groups excluding carboxylic acids is 2. The third kappa shape index (κ3) is 3.35. The van der Waals surface area contributed by atoms with Gasteiger partial charge in [0.1, 0.15) is 6.07 Å². The molecule has 2 N–H and O–H groups in total. The van der Waals surface area contributed by atoms with Crippen molar-refractivity contribution in [3.8, 4) is 6.07 Å². The lowest BCUT2D eigenvalue weighted by Crippen LogP contribution is -2.25. The van der Waals surface area contributed by atoms with Crippen molar-refractivity contribution in [2.75, 3.05) is 5.32 Å². The lowest BCUT2D eigenvalue weighted by Gasteiger charge is -2.11. The first-order valence-electron chi connectivity index (χ1n) is 9.18. The molecule has 4 rings (SSSR count). The Labute approximate surface area is 162 Å². The van der Waals surface area contributed by atoms with Crippen LogP contribution in [0.4, 0.5) is 5.69 Å². The number of nitrogens with one attached hydrogen (secondary N) is 2. The maximum atomic E-state index is 12.8. The number of nitrogens with zero attached hydrogens (tertiary/aromatic N) is 2. The Morgan fingerprint density at radius 1 is 1.11 bits per heavy atom. The number of aromatic nitrogens is 1. The van der Waals surface area contributed by atoms with Gasteiger partial charge in [-0.15, -0.1) is 0 Å². The third-order valence-corrected chi connectivity index (χ3v) is 5.03. The maximum absolute atomic E-state index is 12.8. The third-order valence-electron chi connectivity index (χ3n) is 5.03. The standard InChI is InChI=1S/C22H20N4O2/c1-13-3-4-14(21(27)24-17-6-7-17)9-19(13)25-22(28)15-5-8-18-16(11-23)12-26(2)20(18)10-15/h3-5,8-10,12,17H,6-7H2,1-2H3,(H,24,27)(H,25,28). The molecule has 1 aromatic heterocycles. The van der Waals surface area contributed by atoms with Crippen LogP contribution in [0.3, 0.4) is 0 Å². The molecule has 1 heterocycles. The van der Waals surface area contributed by atoms with E-state index >= 15 is 0 Å². The summed E-state index contributed by atoms with van der Waals surface area (Å²) in [5.41, 5.74) is 3.91. The number of amides is 2. The number of hydrogen-bond acceptors (Lipinski definition) is 3. The zero-order chi connectivity index (χ0) is 19.8. The van der Waals surface area contributed by atoms with E-state index in [0.29, 0.717) is 22.4 Å². The molecule has 1 aliphatic rings. The Kier molecular flexibility index (Phi) is 4.36. The Morgan fingerprint density at radius 2 is 1.82 bits per heavy atom. The SMILES string of the molecule is Cc1ccc(C(=O)NC2CC2)cc1NC(=O)c1ccc2c(C#N)cn(C)c2c1. The number of aryl methyl sites for hydroxylation is 2. The second-order valence-electron chi connectivity index (χ2n) is 7.23. The number of nitriles is 1. The molecule has 0 bridgehead atoms. The Hall–Kier alpha value is -3.59. The number of anilines is 1. The van der Waals surface area contributed by atoms with E-state index in [0.717, 1.165) is 29.3 Å². The van der Waals surface area contributed by atoms with Crippen LogP contribution in [-0.4, -0.2) is 22.4 Å². The van der Waals surface area contributed by atoms with Gasteiger partial charge in [-0.3, -0.25) is 9.59 Å². The van der Waals surface area contributed by atoms with Gasteiger partial charge in [-0.2, -0.15) is 5.26 Å². The van der Waals surface area contributed by atoms with Crippen molar-refractivity contribution in [3.05, 3.63) is 64.8 Å². The highest BCUT2D eigenvalue weighted by atomic mass is 16.2. The van der Waals surface area contributed by atoms with Gasteiger partial charge in [-0.05, 0) is 49.6 Å².